The van der Waals surface area contributed by atoms with Crippen molar-refractivity contribution < 1.29 is 20.1 Å². The fourth-order valence-corrected chi connectivity index (χ4v) is 11.7. The van der Waals surface area contributed by atoms with Crippen LogP contribution in [0.25, 0.3) is 50.0 Å². The molecular weight excluding hydrogens is 971 g/mol. The molecular formula is C59H54IrN3Si. The van der Waals surface area contributed by atoms with Crippen LogP contribution < -0.4 is 10.1 Å². The van der Waals surface area contributed by atoms with Gasteiger partial charge in [0.1, 0.15) is 0 Å². The normalized spacial score (nSPS) is 14.9. The third-order valence-corrected chi connectivity index (χ3v) is 15.2. The number of rotatable bonds is 7. The van der Waals surface area contributed by atoms with Gasteiger partial charge < -0.3 is 15.2 Å². The number of para-hydroxylation sites is 2. The zero-order valence-corrected chi connectivity index (χ0v) is 41.2. The summed E-state index contributed by atoms with van der Waals surface area (Å²) in [4.78, 5) is 7.27. The molecule has 0 spiro atoms. The summed E-state index contributed by atoms with van der Waals surface area (Å²) in [5, 5.41) is 6.67. The average Bonchev–Trinajstić information content (AvgIpc) is 3.94. The first-order chi connectivity index (χ1) is 30.5. The molecule has 1 aliphatic heterocycles. The van der Waals surface area contributed by atoms with Gasteiger partial charge in [-0.25, -0.2) is 0 Å². The van der Waals surface area contributed by atoms with E-state index in [4.69, 9.17) is 10.3 Å². The standard InChI is InChI=1S/C34H26N2.C25H28NSi.Ir/c1-34(2)29-13-7-6-12-27(29)28-22-25(18-21-30(28)34)33-35-31-14-8-9-15-32(31)36(33)26-19-16-24(17-20-26)23-10-4-3-5-11-23;1-17(2)13-19-15-24(26-16-25(19)27(3,4)5)22-12-8-11-21-20-10-7-6-9-18(20)14-23(21)22;/h3-17,19-22,33H,1-2H3;6-11,15-17H,13-14H2,1-5H3;/q-2;-1;+3. The Labute approximate surface area is 395 Å². The molecule has 11 rings (SSSR count). The molecule has 2 aliphatic carbocycles. The Morgan fingerprint density at radius 2 is 1.41 bits per heavy atom. The largest absolute Gasteiger partial charge is 3.00 e. The first-order valence-electron chi connectivity index (χ1n) is 22.5. The van der Waals surface area contributed by atoms with Crippen LogP contribution in [0.15, 0.2) is 164 Å². The molecule has 318 valence electrons. The molecule has 1 aromatic heterocycles. The van der Waals surface area contributed by atoms with Crippen LogP contribution in [0.2, 0.25) is 19.6 Å². The van der Waals surface area contributed by atoms with Crippen molar-refractivity contribution in [2.45, 2.75) is 71.8 Å². The Morgan fingerprint density at radius 1 is 0.719 bits per heavy atom. The van der Waals surface area contributed by atoms with E-state index in [0.717, 1.165) is 41.2 Å². The molecule has 1 atom stereocenters. The quantitative estimate of drug-likeness (QED) is 0.118. The van der Waals surface area contributed by atoms with Crippen molar-refractivity contribution in [2.75, 3.05) is 4.90 Å². The van der Waals surface area contributed by atoms with Gasteiger partial charge in [0, 0.05) is 17.6 Å². The van der Waals surface area contributed by atoms with Crippen molar-refractivity contribution >= 4 is 30.3 Å². The number of fused-ring (bicyclic) bond motifs is 7. The SMILES string of the molecule is CC(C)Cc1cc(-c2[c-]ccc3c2Cc2ccccc2-3)ncc1[Si](C)(C)C.CC1(C)c2c[c-]c(C3[N-]c4ccccc4N3c3ccc(-c4ccccc4)cc3)cc2-c2ccccc21.[Ir+3]. The third kappa shape index (κ3) is 7.89. The van der Waals surface area contributed by atoms with E-state index < -0.39 is 8.07 Å². The van der Waals surface area contributed by atoms with Gasteiger partial charge in [-0.05, 0) is 92.8 Å². The first-order valence-corrected chi connectivity index (χ1v) is 26.0. The number of nitrogens with zero attached hydrogens (tertiary/aromatic N) is 3. The summed E-state index contributed by atoms with van der Waals surface area (Å²) in [6, 6.07) is 63.5. The fraction of sp³-hybridized carbons (Fsp3) is 0.203. The number of hydrogen-bond donors (Lipinski definition) is 0. The molecule has 3 nitrogen and oxygen atoms in total. The molecule has 0 bridgehead atoms. The molecule has 7 aromatic carbocycles. The monoisotopic (exact) mass is 1030 g/mol. The molecule has 3 aliphatic rings. The summed E-state index contributed by atoms with van der Waals surface area (Å²) >= 11 is 0. The van der Waals surface area contributed by atoms with E-state index in [2.05, 4.69) is 228 Å². The molecule has 0 fully saturated rings. The van der Waals surface area contributed by atoms with E-state index in [9.17, 15) is 0 Å². The number of hydrogen-bond acceptors (Lipinski definition) is 2. The topological polar surface area (TPSA) is 30.2 Å². The fourth-order valence-electron chi connectivity index (χ4n) is 10.1. The average molecular weight is 1030 g/mol. The summed E-state index contributed by atoms with van der Waals surface area (Å²) in [5.41, 5.74) is 21.4. The Hall–Kier alpha value is -5.84. The van der Waals surface area contributed by atoms with Crippen LogP contribution in [0.1, 0.15) is 67.2 Å². The second kappa shape index (κ2) is 17.3. The third-order valence-electron chi connectivity index (χ3n) is 13.2. The molecule has 64 heavy (non-hydrogen) atoms. The van der Waals surface area contributed by atoms with Gasteiger partial charge in [0.2, 0.25) is 0 Å². The van der Waals surface area contributed by atoms with Gasteiger partial charge in [-0.3, -0.25) is 0 Å². The predicted molar refractivity (Wildman–Crippen MR) is 267 cm³/mol. The molecule has 5 heteroatoms. The summed E-state index contributed by atoms with van der Waals surface area (Å²) in [7, 11) is -1.41. The molecule has 1 unspecified atom stereocenters. The molecule has 8 aromatic rings. The van der Waals surface area contributed by atoms with E-state index in [-0.39, 0.29) is 31.7 Å². The Kier molecular flexibility index (Phi) is 11.7. The van der Waals surface area contributed by atoms with Crippen LogP contribution in [0.5, 0.6) is 0 Å². The van der Waals surface area contributed by atoms with E-state index in [1.165, 1.54) is 71.9 Å². The van der Waals surface area contributed by atoms with Crippen LogP contribution in [-0.2, 0) is 38.4 Å². The van der Waals surface area contributed by atoms with E-state index in [0.29, 0.717) is 5.92 Å². The van der Waals surface area contributed by atoms with Gasteiger partial charge in [0.25, 0.3) is 0 Å². The maximum Gasteiger partial charge on any atom is 3.00 e. The maximum absolute atomic E-state index is 5.17. The summed E-state index contributed by atoms with van der Waals surface area (Å²) in [5.74, 6) is 0.644. The van der Waals surface area contributed by atoms with Crippen LogP contribution in [0.3, 0.4) is 0 Å². The number of benzene rings is 7. The van der Waals surface area contributed by atoms with Gasteiger partial charge in [-0.1, -0.05) is 174 Å². The number of pyridine rings is 1. The van der Waals surface area contributed by atoms with Crippen LogP contribution >= 0.6 is 0 Å². The minimum absolute atomic E-state index is 0. The van der Waals surface area contributed by atoms with Gasteiger partial charge >= 0.3 is 20.1 Å². The summed E-state index contributed by atoms with van der Waals surface area (Å²) in [6.45, 7) is 16.5. The summed E-state index contributed by atoms with van der Waals surface area (Å²) < 4.78 is 0. The van der Waals surface area contributed by atoms with Gasteiger partial charge in [-0.2, -0.15) is 23.8 Å². The van der Waals surface area contributed by atoms with E-state index in [1.54, 1.807) is 0 Å². The van der Waals surface area contributed by atoms with Crippen molar-refractivity contribution in [3.63, 3.8) is 0 Å². The molecule has 0 N–H and O–H groups in total. The smallest absolute Gasteiger partial charge is 0.661 e. The van der Waals surface area contributed by atoms with Crippen molar-refractivity contribution in [3.05, 3.63) is 215 Å². The molecule has 0 saturated carbocycles. The van der Waals surface area contributed by atoms with Gasteiger partial charge in [0.15, 0.2) is 0 Å². The second-order valence-electron chi connectivity index (χ2n) is 19.3. The van der Waals surface area contributed by atoms with E-state index >= 15 is 0 Å². The minimum atomic E-state index is -1.41. The minimum Gasteiger partial charge on any atom is -0.661 e. The predicted octanol–water partition coefficient (Wildman–Crippen LogP) is 15.2. The second-order valence-corrected chi connectivity index (χ2v) is 24.4. The molecule has 2 heterocycles. The Bertz CT molecular complexity index is 2980. The number of aromatic nitrogens is 1. The molecule has 0 radical (unpaired) electrons. The Morgan fingerprint density at radius 3 is 2.17 bits per heavy atom. The van der Waals surface area contributed by atoms with Gasteiger partial charge in [-0.15, -0.1) is 46.1 Å². The van der Waals surface area contributed by atoms with Crippen molar-refractivity contribution in [2.24, 2.45) is 5.92 Å². The zero-order valence-electron chi connectivity index (χ0n) is 37.8. The molecule has 0 saturated heterocycles. The van der Waals surface area contributed by atoms with Crippen molar-refractivity contribution in [1.82, 2.24) is 4.98 Å². The number of anilines is 2. The zero-order chi connectivity index (χ0) is 43.5. The Balaban J connectivity index is 0.000000166. The van der Waals surface area contributed by atoms with E-state index in [1.807, 2.05) is 0 Å². The first kappa shape index (κ1) is 43.4. The van der Waals surface area contributed by atoms with Crippen LogP contribution in [0.4, 0.5) is 17.1 Å². The van der Waals surface area contributed by atoms with Crippen molar-refractivity contribution in [1.29, 1.82) is 0 Å². The van der Waals surface area contributed by atoms with Gasteiger partial charge in [0.05, 0.1) is 8.07 Å². The summed E-state index contributed by atoms with van der Waals surface area (Å²) in [6.07, 6.45) is 4.10. The molecule has 0 amide bonds. The van der Waals surface area contributed by atoms with Crippen LogP contribution in [0, 0.1) is 18.1 Å². The van der Waals surface area contributed by atoms with Crippen LogP contribution in [-0.4, -0.2) is 13.1 Å². The van der Waals surface area contributed by atoms with Crippen molar-refractivity contribution in [3.8, 4) is 44.6 Å². The maximum atomic E-state index is 5.17.